The zero-order chi connectivity index (χ0) is 10.6. The lowest BCUT2D eigenvalue weighted by Crippen LogP contribution is -2.39. The molecule has 0 aromatic rings. The van der Waals surface area contributed by atoms with Crippen LogP contribution in [0.2, 0.25) is 0 Å². The van der Waals surface area contributed by atoms with Crippen LogP contribution in [0.15, 0.2) is 0 Å². The van der Waals surface area contributed by atoms with Gasteiger partial charge in [0, 0.05) is 6.54 Å². The average Bonchev–Trinajstić information content (AvgIpc) is 1.94. The van der Waals surface area contributed by atoms with Gasteiger partial charge >= 0.3 is 11.9 Å². The van der Waals surface area contributed by atoms with E-state index in [1.54, 1.807) is 0 Å². The van der Waals surface area contributed by atoms with E-state index >= 15 is 0 Å². The summed E-state index contributed by atoms with van der Waals surface area (Å²) >= 11 is 0. The minimum atomic E-state index is -0.967. The maximum atomic E-state index is 10.4. The van der Waals surface area contributed by atoms with Crippen LogP contribution >= 0.6 is 0 Å². The third-order valence-electron chi connectivity index (χ3n) is 2.46. The predicted octanol–water partition coefficient (Wildman–Crippen LogP) is 0.258. The molecule has 0 unspecified atom stereocenters. The van der Waals surface area contributed by atoms with Gasteiger partial charge in [0.25, 0.3) is 0 Å². The van der Waals surface area contributed by atoms with E-state index in [0.717, 1.165) is 12.8 Å². The van der Waals surface area contributed by atoms with Crippen molar-refractivity contribution < 1.29 is 19.8 Å². The van der Waals surface area contributed by atoms with E-state index < -0.39 is 11.9 Å². The van der Waals surface area contributed by atoms with E-state index in [1.807, 2.05) is 0 Å². The SMILES string of the molecule is O=C(O)CN(CC(=O)O)CC1CCC1. The van der Waals surface area contributed by atoms with Gasteiger partial charge in [0.05, 0.1) is 13.1 Å². The normalized spacial score (nSPS) is 16.6. The molecule has 14 heavy (non-hydrogen) atoms. The number of carboxylic acids is 2. The first-order valence-electron chi connectivity index (χ1n) is 4.74. The second kappa shape index (κ2) is 4.95. The zero-order valence-electron chi connectivity index (χ0n) is 7.98. The number of carbonyl (C=O) groups is 2. The minimum absolute atomic E-state index is 0.178. The van der Waals surface area contributed by atoms with Crippen LogP contribution in [0.3, 0.4) is 0 Å². The molecule has 80 valence electrons. The second-order valence-corrected chi connectivity index (χ2v) is 3.75. The Morgan fingerprint density at radius 2 is 1.64 bits per heavy atom. The summed E-state index contributed by atoms with van der Waals surface area (Å²) in [6, 6.07) is 0. The summed E-state index contributed by atoms with van der Waals surface area (Å²) in [6.45, 7) is 0.240. The van der Waals surface area contributed by atoms with Gasteiger partial charge in [-0.2, -0.15) is 0 Å². The Labute approximate surface area is 82.3 Å². The topological polar surface area (TPSA) is 77.8 Å². The molecule has 1 aliphatic rings. The highest BCUT2D eigenvalue weighted by Crippen LogP contribution is 2.26. The highest BCUT2D eigenvalue weighted by molar-refractivity contribution is 5.72. The molecule has 0 spiro atoms. The largest absolute Gasteiger partial charge is 0.480 e. The molecule has 0 atom stereocenters. The van der Waals surface area contributed by atoms with Gasteiger partial charge in [-0.25, -0.2) is 0 Å². The van der Waals surface area contributed by atoms with Gasteiger partial charge in [-0.05, 0) is 18.8 Å². The maximum absolute atomic E-state index is 10.4. The van der Waals surface area contributed by atoms with Crippen LogP contribution in [0.1, 0.15) is 19.3 Å². The van der Waals surface area contributed by atoms with Crippen molar-refractivity contribution in [3.63, 3.8) is 0 Å². The van der Waals surface area contributed by atoms with Gasteiger partial charge in [-0.3, -0.25) is 14.5 Å². The average molecular weight is 201 g/mol. The summed E-state index contributed by atoms with van der Waals surface area (Å²) in [7, 11) is 0. The van der Waals surface area contributed by atoms with E-state index in [1.165, 1.54) is 11.3 Å². The van der Waals surface area contributed by atoms with Crippen LogP contribution in [-0.2, 0) is 9.59 Å². The summed E-state index contributed by atoms with van der Waals surface area (Å²) in [6.07, 6.45) is 3.37. The third kappa shape index (κ3) is 3.74. The summed E-state index contributed by atoms with van der Waals surface area (Å²) in [5, 5.41) is 17.1. The minimum Gasteiger partial charge on any atom is -0.480 e. The second-order valence-electron chi connectivity index (χ2n) is 3.75. The van der Waals surface area contributed by atoms with E-state index in [-0.39, 0.29) is 13.1 Å². The lowest BCUT2D eigenvalue weighted by atomic mass is 9.85. The molecule has 0 aliphatic heterocycles. The molecule has 0 aromatic heterocycles. The van der Waals surface area contributed by atoms with Crippen molar-refractivity contribution in [2.24, 2.45) is 5.92 Å². The third-order valence-corrected chi connectivity index (χ3v) is 2.46. The van der Waals surface area contributed by atoms with E-state index in [4.69, 9.17) is 10.2 Å². The lowest BCUT2D eigenvalue weighted by Gasteiger charge is -2.30. The number of hydrogen-bond donors (Lipinski definition) is 2. The molecular weight excluding hydrogens is 186 g/mol. The van der Waals surface area contributed by atoms with Gasteiger partial charge in [0.2, 0.25) is 0 Å². The Morgan fingerprint density at radius 1 is 1.14 bits per heavy atom. The lowest BCUT2D eigenvalue weighted by molar-refractivity contribution is -0.142. The molecule has 0 bridgehead atoms. The fourth-order valence-electron chi connectivity index (χ4n) is 1.61. The van der Waals surface area contributed by atoms with Gasteiger partial charge in [-0.15, -0.1) is 0 Å². The first-order chi connectivity index (χ1) is 6.58. The molecule has 2 N–H and O–H groups in total. The molecule has 0 saturated heterocycles. The van der Waals surface area contributed by atoms with Crippen molar-refractivity contribution >= 4 is 11.9 Å². The molecule has 0 amide bonds. The number of aliphatic carboxylic acids is 2. The molecule has 5 heteroatoms. The number of nitrogens with zero attached hydrogens (tertiary/aromatic N) is 1. The molecule has 1 aliphatic carbocycles. The number of rotatable bonds is 6. The first kappa shape index (κ1) is 11.0. The Morgan fingerprint density at radius 3 is 1.93 bits per heavy atom. The Kier molecular flexibility index (Phi) is 3.88. The fourth-order valence-corrected chi connectivity index (χ4v) is 1.61. The summed E-state index contributed by atoms with van der Waals surface area (Å²) in [5.74, 6) is -1.44. The van der Waals surface area contributed by atoms with Crippen molar-refractivity contribution in [1.82, 2.24) is 4.90 Å². The van der Waals surface area contributed by atoms with Crippen LogP contribution in [0, 0.1) is 5.92 Å². The molecule has 0 radical (unpaired) electrons. The van der Waals surface area contributed by atoms with Gasteiger partial charge < -0.3 is 10.2 Å². The monoisotopic (exact) mass is 201 g/mol. The van der Waals surface area contributed by atoms with Crippen molar-refractivity contribution in [2.45, 2.75) is 19.3 Å². The van der Waals surface area contributed by atoms with Crippen molar-refractivity contribution in [2.75, 3.05) is 19.6 Å². The van der Waals surface area contributed by atoms with Crippen LogP contribution in [0.4, 0.5) is 0 Å². The molecule has 5 nitrogen and oxygen atoms in total. The van der Waals surface area contributed by atoms with E-state index in [9.17, 15) is 9.59 Å². The number of hydrogen-bond acceptors (Lipinski definition) is 3. The van der Waals surface area contributed by atoms with Crippen LogP contribution < -0.4 is 0 Å². The first-order valence-corrected chi connectivity index (χ1v) is 4.74. The van der Waals surface area contributed by atoms with Crippen LogP contribution in [-0.4, -0.2) is 46.7 Å². The summed E-state index contributed by atoms with van der Waals surface area (Å²) in [4.78, 5) is 22.4. The van der Waals surface area contributed by atoms with Gasteiger partial charge in [0.1, 0.15) is 0 Å². The van der Waals surface area contributed by atoms with E-state index in [2.05, 4.69) is 0 Å². The van der Waals surface area contributed by atoms with Crippen LogP contribution in [0.25, 0.3) is 0 Å². The number of carboxylic acid groups (broad SMARTS) is 2. The van der Waals surface area contributed by atoms with Crippen molar-refractivity contribution in [1.29, 1.82) is 0 Å². The van der Waals surface area contributed by atoms with E-state index in [0.29, 0.717) is 12.5 Å². The Bertz CT molecular complexity index is 209. The molecule has 1 fully saturated rings. The predicted molar refractivity (Wildman–Crippen MR) is 49.1 cm³/mol. The fraction of sp³-hybridized carbons (Fsp3) is 0.778. The quantitative estimate of drug-likeness (QED) is 0.644. The molecule has 1 saturated carbocycles. The Balaban J connectivity index is 2.34. The smallest absolute Gasteiger partial charge is 0.317 e. The Hall–Kier alpha value is -1.10. The molecule has 1 rings (SSSR count). The molecular formula is C9H15NO4. The van der Waals surface area contributed by atoms with Crippen molar-refractivity contribution in [3.8, 4) is 0 Å². The highest BCUT2D eigenvalue weighted by atomic mass is 16.4. The van der Waals surface area contributed by atoms with Crippen LogP contribution in [0.5, 0.6) is 0 Å². The summed E-state index contributed by atoms with van der Waals surface area (Å²) < 4.78 is 0. The molecule has 0 heterocycles. The van der Waals surface area contributed by atoms with Gasteiger partial charge in [-0.1, -0.05) is 6.42 Å². The summed E-state index contributed by atoms with van der Waals surface area (Å²) in [5.41, 5.74) is 0. The maximum Gasteiger partial charge on any atom is 0.317 e. The highest BCUT2D eigenvalue weighted by Gasteiger charge is 2.22. The zero-order valence-corrected chi connectivity index (χ0v) is 7.98. The van der Waals surface area contributed by atoms with Crippen molar-refractivity contribution in [3.05, 3.63) is 0 Å². The standard InChI is InChI=1S/C9H15NO4/c11-8(12)5-10(6-9(13)14)4-7-2-1-3-7/h7H,1-6H2,(H,11,12)(H,13,14). The van der Waals surface area contributed by atoms with Gasteiger partial charge in [0.15, 0.2) is 0 Å². The molecule has 0 aromatic carbocycles.